The van der Waals surface area contributed by atoms with Crippen molar-refractivity contribution in [1.29, 1.82) is 0 Å². The molecule has 1 N–H and O–H groups in total. The van der Waals surface area contributed by atoms with Crippen molar-refractivity contribution in [3.63, 3.8) is 0 Å². The molecule has 1 heterocycles. The van der Waals surface area contributed by atoms with Gasteiger partial charge in [-0.05, 0) is 28.4 Å². The van der Waals surface area contributed by atoms with Crippen LogP contribution in [0.3, 0.4) is 0 Å². The molecule has 0 spiro atoms. The first-order valence-corrected chi connectivity index (χ1v) is 6.62. The Hall–Kier alpha value is -0.160. The topological polar surface area (TPSA) is 21.3 Å². The Balaban J connectivity index is 1.95. The van der Waals surface area contributed by atoms with Gasteiger partial charge in [0.25, 0.3) is 0 Å². The maximum atomic E-state index is 5.38. The van der Waals surface area contributed by atoms with Gasteiger partial charge < -0.3 is 10.1 Å². The Morgan fingerprint density at radius 2 is 2.40 bits per heavy atom. The van der Waals surface area contributed by atoms with E-state index in [2.05, 4.69) is 39.3 Å². The second-order valence-corrected chi connectivity index (χ2v) is 5.01. The van der Waals surface area contributed by atoms with E-state index in [-0.39, 0.29) is 0 Å². The smallest absolute Gasteiger partial charge is 0.0591 e. The van der Waals surface area contributed by atoms with Gasteiger partial charge in [-0.15, -0.1) is 17.9 Å². The molecule has 4 heteroatoms. The van der Waals surface area contributed by atoms with Crippen molar-refractivity contribution >= 4 is 27.3 Å². The Morgan fingerprint density at radius 3 is 3.07 bits per heavy atom. The molecule has 0 saturated heterocycles. The lowest BCUT2D eigenvalue weighted by molar-refractivity contribution is 0.140. The van der Waals surface area contributed by atoms with E-state index in [0.29, 0.717) is 0 Å². The van der Waals surface area contributed by atoms with Crippen molar-refractivity contribution in [2.45, 2.75) is 13.0 Å². The molecule has 0 saturated carbocycles. The summed E-state index contributed by atoms with van der Waals surface area (Å²) in [6, 6.07) is 2.14. The molecule has 0 aliphatic heterocycles. The summed E-state index contributed by atoms with van der Waals surface area (Å²) in [5, 5.41) is 5.43. The van der Waals surface area contributed by atoms with Crippen LogP contribution in [-0.2, 0) is 11.3 Å². The third-order valence-electron chi connectivity index (χ3n) is 1.81. The van der Waals surface area contributed by atoms with Crippen molar-refractivity contribution in [3.05, 3.63) is 33.5 Å². The number of rotatable bonds is 8. The lowest BCUT2D eigenvalue weighted by Gasteiger charge is -2.03. The molecule has 2 nitrogen and oxygen atoms in total. The number of hydrogen-bond acceptors (Lipinski definition) is 3. The van der Waals surface area contributed by atoms with E-state index in [1.54, 1.807) is 11.3 Å². The van der Waals surface area contributed by atoms with Crippen LogP contribution in [0.15, 0.2) is 28.6 Å². The van der Waals surface area contributed by atoms with Crippen LogP contribution < -0.4 is 5.32 Å². The summed E-state index contributed by atoms with van der Waals surface area (Å²) in [5.41, 5.74) is 0. The first kappa shape index (κ1) is 12.9. The molecular formula is C11H16BrNOS. The molecule has 0 aliphatic carbocycles. The summed E-state index contributed by atoms with van der Waals surface area (Å²) in [4.78, 5) is 1.34. The molecule has 0 atom stereocenters. The summed E-state index contributed by atoms with van der Waals surface area (Å²) in [6.45, 7) is 6.99. The van der Waals surface area contributed by atoms with Crippen LogP contribution in [0.4, 0.5) is 0 Å². The Morgan fingerprint density at radius 1 is 1.53 bits per heavy atom. The van der Waals surface area contributed by atoms with Crippen molar-refractivity contribution in [2.24, 2.45) is 0 Å². The summed E-state index contributed by atoms with van der Waals surface area (Å²) in [6.07, 6.45) is 2.80. The third kappa shape index (κ3) is 6.10. The first-order valence-electron chi connectivity index (χ1n) is 4.95. The molecule has 0 unspecified atom stereocenters. The van der Waals surface area contributed by atoms with Crippen LogP contribution in [0.1, 0.15) is 11.3 Å². The molecule has 0 radical (unpaired) electrons. The van der Waals surface area contributed by atoms with Crippen LogP contribution >= 0.6 is 27.3 Å². The maximum Gasteiger partial charge on any atom is 0.0591 e. The minimum absolute atomic E-state index is 0.764. The van der Waals surface area contributed by atoms with E-state index in [1.807, 2.05) is 6.08 Å². The second kappa shape index (κ2) is 8.05. The quantitative estimate of drug-likeness (QED) is 0.586. The number of ether oxygens (including phenoxy) is 1. The van der Waals surface area contributed by atoms with Crippen LogP contribution in [0.5, 0.6) is 0 Å². The van der Waals surface area contributed by atoms with Crippen LogP contribution in [0, 0.1) is 0 Å². The van der Waals surface area contributed by atoms with Gasteiger partial charge in [0.15, 0.2) is 0 Å². The molecule has 1 aromatic heterocycles. The highest BCUT2D eigenvalue weighted by Gasteiger charge is 1.96. The summed E-state index contributed by atoms with van der Waals surface area (Å²) in [5.74, 6) is 0. The van der Waals surface area contributed by atoms with E-state index < -0.39 is 0 Å². The molecule has 0 amide bonds. The number of thiophene rings is 1. The maximum absolute atomic E-state index is 5.38. The molecule has 1 aromatic rings. The van der Waals surface area contributed by atoms with Crippen LogP contribution in [0.25, 0.3) is 0 Å². The van der Waals surface area contributed by atoms with E-state index in [0.717, 1.165) is 37.2 Å². The van der Waals surface area contributed by atoms with E-state index in [1.165, 1.54) is 4.88 Å². The summed E-state index contributed by atoms with van der Waals surface area (Å²) >= 11 is 5.19. The molecule has 0 aliphatic rings. The van der Waals surface area contributed by atoms with Crippen LogP contribution in [-0.4, -0.2) is 19.8 Å². The molecule has 0 fully saturated rings. The predicted octanol–water partition coefficient (Wildman–Crippen LogP) is 3.19. The van der Waals surface area contributed by atoms with Gasteiger partial charge in [0.2, 0.25) is 0 Å². The van der Waals surface area contributed by atoms with Gasteiger partial charge in [0, 0.05) is 27.8 Å². The summed E-state index contributed by atoms with van der Waals surface area (Å²) < 4.78 is 6.54. The highest BCUT2D eigenvalue weighted by atomic mass is 79.9. The molecule has 0 bridgehead atoms. The van der Waals surface area contributed by atoms with Gasteiger partial charge >= 0.3 is 0 Å². The average Bonchev–Trinajstić information content (AvgIpc) is 2.63. The SMILES string of the molecule is C=CCCOCCNCc1cc(Br)cs1. The molecule has 84 valence electrons. The highest BCUT2D eigenvalue weighted by Crippen LogP contribution is 2.19. The Labute approximate surface area is 103 Å². The third-order valence-corrected chi connectivity index (χ3v) is 3.51. The van der Waals surface area contributed by atoms with E-state index in [4.69, 9.17) is 4.74 Å². The number of nitrogens with one attached hydrogen (secondary N) is 1. The van der Waals surface area contributed by atoms with Crippen molar-refractivity contribution in [3.8, 4) is 0 Å². The van der Waals surface area contributed by atoms with Gasteiger partial charge in [-0.25, -0.2) is 0 Å². The predicted molar refractivity (Wildman–Crippen MR) is 69.4 cm³/mol. The zero-order valence-electron chi connectivity index (χ0n) is 8.67. The lowest BCUT2D eigenvalue weighted by atomic mass is 10.4. The van der Waals surface area contributed by atoms with Crippen molar-refractivity contribution < 1.29 is 4.74 Å². The van der Waals surface area contributed by atoms with Gasteiger partial charge in [-0.1, -0.05) is 6.08 Å². The zero-order chi connectivity index (χ0) is 10.9. The number of hydrogen-bond donors (Lipinski definition) is 1. The molecule has 15 heavy (non-hydrogen) atoms. The molecular weight excluding hydrogens is 274 g/mol. The number of halogens is 1. The largest absolute Gasteiger partial charge is 0.380 e. The van der Waals surface area contributed by atoms with Gasteiger partial charge in [-0.3, -0.25) is 0 Å². The highest BCUT2D eigenvalue weighted by molar-refractivity contribution is 9.10. The van der Waals surface area contributed by atoms with Gasteiger partial charge in [0.05, 0.1) is 13.2 Å². The second-order valence-electron chi connectivity index (χ2n) is 3.10. The van der Waals surface area contributed by atoms with E-state index >= 15 is 0 Å². The summed E-state index contributed by atoms with van der Waals surface area (Å²) in [7, 11) is 0. The van der Waals surface area contributed by atoms with Crippen molar-refractivity contribution in [1.82, 2.24) is 5.32 Å². The fourth-order valence-corrected chi connectivity index (χ4v) is 2.49. The minimum Gasteiger partial charge on any atom is -0.380 e. The van der Waals surface area contributed by atoms with Gasteiger partial charge in [0.1, 0.15) is 0 Å². The lowest BCUT2D eigenvalue weighted by Crippen LogP contribution is -2.18. The van der Waals surface area contributed by atoms with Gasteiger partial charge in [-0.2, -0.15) is 0 Å². The Kier molecular flexibility index (Phi) is 6.92. The Bertz CT molecular complexity index is 288. The van der Waals surface area contributed by atoms with Crippen molar-refractivity contribution in [2.75, 3.05) is 19.8 Å². The average molecular weight is 290 g/mol. The minimum atomic E-state index is 0.764. The fourth-order valence-electron chi connectivity index (χ4n) is 1.07. The van der Waals surface area contributed by atoms with Crippen LogP contribution in [0.2, 0.25) is 0 Å². The fraction of sp³-hybridized carbons (Fsp3) is 0.455. The standard InChI is InChI=1S/C11H16BrNOS/c1-2-3-5-14-6-4-13-8-11-7-10(12)9-15-11/h2,7,9,13H,1,3-6,8H2. The molecule has 1 rings (SSSR count). The first-order chi connectivity index (χ1) is 7.33. The zero-order valence-corrected chi connectivity index (χ0v) is 11.1. The van der Waals surface area contributed by atoms with E-state index in [9.17, 15) is 0 Å². The molecule has 0 aromatic carbocycles. The monoisotopic (exact) mass is 289 g/mol. The normalized spacial score (nSPS) is 10.5.